The first-order valence-electron chi connectivity index (χ1n) is 11.4. The fraction of sp³-hybridized carbons (Fsp3) is 0.400. The molecule has 2 heterocycles. The lowest BCUT2D eigenvalue weighted by atomic mass is 9.90. The Labute approximate surface area is 189 Å². The van der Waals surface area contributed by atoms with Crippen molar-refractivity contribution >= 4 is 23.5 Å². The zero-order valence-corrected chi connectivity index (χ0v) is 18.6. The Bertz CT molecular complexity index is 980. The van der Waals surface area contributed by atoms with E-state index in [2.05, 4.69) is 27.0 Å². The van der Waals surface area contributed by atoms with Gasteiger partial charge in [0.05, 0.1) is 0 Å². The maximum absolute atomic E-state index is 12.6. The first-order chi connectivity index (χ1) is 15.6. The third-order valence-corrected chi connectivity index (χ3v) is 6.15. The van der Waals surface area contributed by atoms with Gasteiger partial charge in [-0.15, -0.1) is 0 Å². The number of guanidine groups is 1. The molecule has 1 fully saturated rings. The minimum atomic E-state index is 0.0395. The van der Waals surface area contributed by atoms with Gasteiger partial charge in [-0.25, -0.2) is 0 Å². The summed E-state index contributed by atoms with van der Waals surface area (Å²) in [5.74, 6) is 0.941. The lowest BCUT2D eigenvalue weighted by molar-refractivity contribution is -0.116. The Morgan fingerprint density at radius 2 is 1.81 bits per heavy atom. The van der Waals surface area contributed by atoms with E-state index in [1.165, 1.54) is 6.42 Å². The highest BCUT2D eigenvalue weighted by Gasteiger charge is 2.24. The van der Waals surface area contributed by atoms with E-state index in [9.17, 15) is 9.59 Å². The van der Waals surface area contributed by atoms with Crippen LogP contribution in [-0.4, -0.2) is 49.4 Å². The summed E-state index contributed by atoms with van der Waals surface area (Å²) in [5.41, 5.74) is 3.85. The fourth-order valence-corrected chi connectivity index (χ4v) is 4.35. The van der Waals surface area contributed by atoms with Gasteiger partial charge in [0.1, 0.15) is 0 Å². The van der Waals surface area contributed by atoms with Crippen molar-refractivity contribution in [2.75, 3.05) is 32.0 Å². The number of anilines is 1. The fourth-order valence-electron chi connectivity index (χ4n) is 4.35. The molecule has 0 saturated carbocycles. The molecule has 32 heavy (non-hydrogen) atoms. The number of aliphatic imine (C=N–C) groups is 1. The molecule has 0 radical (unpaired) electrons. The molecule has 1 saturated heterocycles. The molecular weight excluding hydrogens is 402 g/mol. The topological polar surface area (TPSA) is 85.8 Å². The molecule has 4 rings (SSSR count). The Kier molecular flexibility index (Phi) is 7.04. The van der Waals surface area contributed by atoms with Crippen LogP contribution in [0.15, 0.2) is 53.5 Å². The minimum Gasteiger partial charge on any atom is -0.356 e. The molecule has 0 aliphatic carbocycles. The molecule has 0 aromatic heterocycles. The highest BCUT2D eigenvalue weighted by molar-refractivity contribution is 5.95. The van der Waals surface area contributed by atoms with Gasteiger partial charge in [0.2, 0.25) is 5.91 Å². The molecule has 168 valence electrons. The number of piperidine rings is 1. The van der Waals surface area contributed by atoms with E-state index in [-0.39, 0.29) is 17.7 Å². The van der Waals surface area contributed by atoms with E-state index in [1.54, 1.807) is 7.05 Å². The van der Waals surface area contributed by atoms with Gasteiger partial charge in [0.15, 0.2) is 5.96 Å². The van der Waals surface area contributed by atoms with Crippen LogP contribution < -0.4 is 16.0 Å². The number of amides is 2. The normalized spacial score (nSPS) is 18.5. The Morgan fingerprint density at radius 1 is 1.06 bits per heavy atom. The molecule has 0 spiro atoms. The summed E-state index contributed by atoms with van der Waals surface area (Å²) >= 11 is 0. The summed E-state index contributed by atoms with van der Waals surface area (Å²) in [6, 6.07) is 15.7. The number of hydrogen-bond acceptors (Lipinski definition) is 3. The number of likely N-dealkylation sites (tertiary alicyclic amines) is 1. The van der Waals surface area contributed by atoms with Crippen LogP contribution in [0.5, 0.6) is 0 Å². The predicted octanol–water partition coefficient (Wildman–Crippen LogP) is 3.10. The lowest BCUT2D eigenvalue weighted by Crippen LogP contribution is -2.40. The largest absolute Gasteiger partial charge is 0.356 e. The lowest BCUT2D eigenvalue weighted by Gasteiger charge is -2.27. The van der Waals surface area contributed by atoms with Crippen LogP contribution in [-0.2, 0) is 11.3 Å². The van der Waals surface area contributed by atoms with Gasteiger partial charge in [0, 0.05) is 56.8 Å². The predicted molar refractivity (Wildman–Crippen MR) is 127 cm³/mol. The Balaban J connectivity index is 1.29. The van der Waals surface area contributed by atoms with Crippen molar-refractivity contribution in [1.29, 1.82) is 0 Å². The molecule has 2 aromatic carbocycles. The van der Waals surface area contributed by atoms with Gasteiger partial charge in [-0.2, -0.15) is 0 Å². The SMILES string of the molecule is CN=C(NCc1ccc(C(=O)N2CCCCC2)cc1)NCC1CC(=O)Nc2ccccc21. The maximum Gasteiger partial charge on any atom is 0.253 e. The summed E-state index contributed by atoms with van der Waals surface area (Å²) in [6.45, 7) is 2.93. The highest BCUT2D eigenvalue weighted by atomic mass is 16.2. The number of carbonyl (C=O) groups is 2. The molecule has 1 atom stereocenters. The van der Waals surface area contributed by atoms with Crippen molar-refractivity contribution in [1.82, 2.24) is 15.5 Å². The number of hydrogen-bond donors (Lipinski definition) is 3. The molecule has 2 amide bonds. The molecular formula is C25H31N5O2. The maximum atomic E-state index is 12.6. The number of nitrogens with one attached hydrogen (secondary N) is 3. The van der Waals surface area contributed by atoms with Gasteiger partial charge in [0.25, 0.3) is 5.91 Å². The summed E-state index contributed by atoms with van der Waals surface area (Å²) in [7, 11) is 1.73. The monoisotopic (exact) mass is 433 g/mol. The molecule has 3 N–H and O–H groups in total. The van der Waals surface area contributed by atoms with Crippen molar-refractivity contribution in [3.63, 3.8) is 0 Å². The number of para-hydroxylation sites is 1. The van der Waals surface area contributed by atoms with Crippen molar-refractivity contribution in [3.8, 4) is 0 Å². The third kappa shape index (κ3) is 5.28. The second-order valence-electron chi connectivity index (χ2n) is 8.39. The second-order valence-corrected chi connectivity index (χ2v) is 8.39. The number of fused-ring (bicyclic) bond motifs is 1. The van der Waals surface area contributed by atoms with E-state index < -0.39 is 0 Å². The summed E-state index contributed by atoms with van der Waals surface area (Å²) in [6.07, 6.45) is 3.85. The number of rotatable bonds is 5. The van der Waals surface area contributed by atoms with E-state index in [0.29, 0.717) is 25.5 Å². The molecule has 2 aliphatic heterocycles. The van der Waals surface area contributed by atoms with Crippen LogP contribution in [0, 0.1) is 0 Å². The van der Waals surface area contributed by atoms with Crippen LogP contribution in [0.2, 0.25) is 0 Å². The third-order valence-electron chi connectivity index (χ3n) is 6.15. The van der Waals surface area contributed by atoms with E-state index in [1.807, 2.05) is 47.4 Å². The first kappa shape index (κ1) is 21.9. The van der Waals surface area contributed by atoms with Crippen LogP contribution in [0.25, 0.3) is 0 Å². The first-order valence-corrected chi connectivity index (χ1v) is 11.4. The standard InChI is InChI=1S/C25H31N5O2/c1-26-25(28-17-20-15-23(31)29-22-8-4-3-7-21(20)22)27-16-18-9-11-19(12-10-18)24(32)30-13-5-2-6-14-30/h3-4,7-12,20H,2,5-6,13-17H2,1H3,(H,29,31)(H2,26,27,28). The minimum absolute atomic E-state index is 0.0395. The zero-order chi connectivity index (χ0) is 22.3. The van der Waals surface area contributed by atoms with E-state index in [0.717, 1.165) is 48.3 Å². The van der Waals surface area contributed by atoms with E-state index >= 15 is 0 Å². The average Bonchev–Trinajstić information content (AvgIpc) is 2.84. The van der Waals surface area contributed by atoms with Crippen LogP contribution >= 0.6 is 0 Å². The van der Waals surface area contributed by atoms with Crippen LogP contribution in [0.3, 0.4) is 0 Å². The Morgan fingerprint density at radius 3 is 2.56 bits per heavy atom. The Hall–Kier alpha value is -3.35. The van der Waals surface area contributed by atoms with Crippen molar-refractivity contribution in [2.24, 2.45) is 4.99 Å². The van der Waals surface area contributed by atoms with Gasteiger partial charge in [-0.3, -0.25) is 14.6 Å². The molecule has 7 heteroatoms. The van der Waals surface area contributed by atoms with Crippen molar-refractivity contribution < 1.29 is 9.59 Å². The van der Waals surface area contributed by atoms with Gasteiger partial charge >= 0.3 is 0 Å². The molecule has 0 bridgehead atoms. The van der Waals surface area contributed by atoms with Gasteiger partial charge in [-0.1, -0.05) is 30.3 Å². The van der Waals surface area contributed by atoms with Crippen LogP contribution in [0.4, 0.5) is 5.69 Å². The number of benzene rings is 2. The average molecular weight is 434 g/mol. The molecule has 7 nitrogen and oxygen atoms in total. The second kappa shape index (κ2) is 10.3. The van der Waals surface area contributed by atoms with E-state index in [4.69, 9.17) is 0 Å². The smallest absolute Gasteiger partial charge is 0.253 e. The highest BCUT2D eigenvalue weighted by Crippen LogP contribution is 2.31. The van der Waals surface area contributed by atoms with Gasteiger partial charge in [-0.05, 0) is 48.6 Å². The zero-order valence-electron chi connectivity index (χ0n) is 18.6. The van der Waals surface area contributed by atoms with Gasteiger partial charge < -0.3 is 20.9 Å². The van der Waals surface area contributed by atoms with Crippen molar-refractivity contribution in [3.05, 3.63) is 65.2 Å². The summed E-state index contributed by atoms with van der Waals surface area (Å²) in [5, 5.41) is 9.59. The molecule has 1 unspecified atom stereocenters. The van der Waals surface area contributed by atoms with Crippen LogP contribution in [0.1, 0.15) is 53.1 Å². The molecule has 2 aromatic rings. The number of nitrogens with zero attached hydrogens (tertiary/aromatic N) is 2. The quantitative estimate of drug-likeness (QED) is 0.500. The number of carbonyl (C=O) groups excluding carboxylic acids is 2. The molecule has 2 aliphatic rings. The van der Waals surface area contributed by atoms with Crippen molar-refractivity contribution in [2.45, 2.75) is 38.1 Å². The summed E-state index contributed by atoms with van der Waals surface area (Å²) < 4.78 is 0. The summed E-state index contributed by atoms with van der Waals surface area (Å²) in [4.78, 5) is 30.9.